The minimum Gasteiger partial charge on any atom is -0.756 e. The molecular weight excluding hydrogens is 241 g/mol. The summed E-state index contributed by atoms with van der Waals surface area (Å²) in [5, 5.41) is 0. The van der Waals surface area contributed by atoms with Crippen molar-refractivity contribution in [3.05, 3.63) is 0 Å². The molecule has 0 spiro atoms. The summed E-state index contributed by atoms with van der Waals surface area (Å²) < 4.78 is 16.2. The van der Waals surface area contributed by atoms with Gasteiger partial charge in [0.15, 0.2) is 6.23 Å². The van der Waals surface area contributed by atoms with Crippen molar-refractivity contribution in [1.29, 1.82) is 0 Å². The third kappa shape index (κ3) is 5.98. The Morgan fingerprint density at radius 3 is 1.76 bits per heavy atom. The second-order valence-corrected chi connectivity index (χ2v) is 5.71. The number of phosphoric ester groups is 1. The van der Waals surface area contributed by atoms with Gasteiger partial charge in [0.1, 0.15) is 0 Å². The Hall–Kier alpha value is 0.0700. The highest BCUT2D eigenvalue weighted by Crippen LogP contribution is 2.35. The molecule has 2 unspecified atom stereocenters. The molecule has 0 aliphatic carbocycles. The fraction of sp³-hybridized carbons (Fsp3) is 1.00. The lowest BCUT2D eigenvalue weighted by Gasteiger charge is -2.43. The first-order valence-corrected chi connectivity index (χ1v) is 7.88. The van der Waals surface area contributed by atoms with E-state index < -0.39 is 14.1 Å². The van der Waals surface area contributed by atoms with Gasteiger partial charge in [-0.3, -0.25) is 13.6 Å². The predicted molar refractivity (Wildman–Crippen MR) is 66.1 cm³/mol. The van der Waals surface area contributed by atoms with E-state index in [0.29, 0.717) is 4.48 Å². The first-order chi connectivity index (χ1) is 7.81. The Balaban J connectivity index is 4.90. The average molecular weight is 267 g/mol. The summed E-state index contributed by atoms with van der Waals surface area (Å²) in [5.41, 5.74) is 0. The third-order valence-corrected chi connectivity index (χ3v) is 3.64. The van der Waals surface area contributed by atoms with E-state index in [1.807, 2.05) is 0 Å². The van der Waals surface area contributed by atoms with Crippen LogP contribution < -0.4 is 4.89 Å². The fourth-order valence-corrected chi connectivity index (χ4v) is 3.10. The Morgan fingerprint density at radius 2 is 1.53 bits per heavy atom. The van der Waals surface area contributed by atoms with Gasteiger partial charge in [-0.25, -0.2) is 0 Å². The van der Waals surface area contributed by atoms with Gasteiger partial charge in [-0.05, 0) is 19.3 Å². The van der Waals surface area contributed by atoms with E-state index in [4.69, 9.17) is 9.42 Å². The molecule has 0 aromatic rings. The molecule has 0 heterocycles. The zero-order valence-electron chi connectivity index (χ0n) is 11.4. The van der Waals surface area contributed by atoms with Crippen molar-refractivity contribution in [2.24, 2.45) is 0 Å². The van der Waals surface area contributed by atoms with Crippen molar-refractivity contribution in [3.8, 4) is 0 Å². The van der Waals surface area contributed by atoms with Crippen LogP contribution in [0.15, 0.2) is 0 Å². The predicted octanol–water partition coefficient (Wildman–Crippen LogP) is 1.86. The Kier molecular flexibility index (Phi) is 7.52. The van der Waals surface area contributed by atoms with E-state index in [1.165, 1.54) is 0 Å². The summed E-state index contributed by atoms with van der Waals surface area (Å²) in [4.78, 5) is 19.7. The molecular formula is C11H26NO4P. The smallest absolute Gasteiger partial charge is 0.269 e. The molecule has 0 aliphatic rings. The van der Waals surface area contributed by atoms with Crippen LogP contribution in [-0.2, 0) is 9.09 Å². The van der Waals surface area contributed by atoms with Gasteiger partial charge >= 0.3 is 0 Å². The van der Waals surface area contributed by atoms with Gasteiger partial charge in [-0.15, -0.1) is 0 Å². The summed E-state index contributed by atoms with van der Waals surface area (Å²) >= 11 is 0. The highest BCUT2D eigenvalue weighted by Gasteiger charge is 2.34. The van der Waals surface area contributed by atoms with E-state index in [9.17, 15) is 9.46 Å². The summed E-state index contributed by atoms with van der Waals surface area (Å²) in [6.07, 6.45) is 2.36. The topological polar surface area (TPSA) is 69.6 Å². The van der Waals surface area contributed by atoms with E-state index in [0.717, 1.165) is 38.9 Å². The zero-order valence-corrected chi connectivity index (χ0v) is 12.3. The molecule has 0 saturated heterocycles. The molecule has 0 aromatic carbocycles. The van der Waals surface area contributed by atoms with Crippen molar-refractivity contribution in [2.45, 2.75) is 53.2 Å². The van der Waals surface area contributed by atoms with Crippen molar-refractivity contribution < 1.29 is 23.4 Å². The van der Waals surface area contributed by atoms with Crippen molar-refractivity contribution >= 4 is 7.82 Å². The first kappa shape index (κ1) is 17.1. The lowest BCUT2D eigenvalue weighted by molar-refractivity contribution is -0.967. The molecule has 104 valence electrons. The number of hydrogen-bond acceptors (Lipinski definition) is 3. The molecule has 0 saturated carbocycles. The minimum atomic E-state index is -4.65. The number of rotatable bonds is 9. The summed E-state index contributed by atoms with van der Waals surface area (Å²) in [6.45, 7) is 10.5. The van der Waals surface area contributed by atoms with E-state index in [-0.39, 0.29) is 0 Å². The number of hydrogen-bond donors (Lipinski definition) is 1. The molecule has 1 N–H and O–H groups in total. The van der Waals surface area contributed by atoms with E-state index in [1.54, 1.807) is 6.92 Å². The van der Waals surface area contributed by atoms with Gasteiger partial charge < -0.3 is 9.79 Å². The van der Waals surface area contributed by atoms with Crippen molar-refractivity contribution in [3.63, 3.8) is 0 Å². The molecule has 0 amide bonds. The molecule has 17 heavy (non-hydrogen) atoms. The molecule has 6 heteroatoms. The quantitative estimate of drug-likeness (QED) is 0.393. The van der Waals surface area contributed by atoms with Crippen molar-refractivity contribution in [2.75, 3.05) is 19.6 Å². The Morgan fingerprint density at radius 1 is 1.18 bits per heavy atom. The Bertz CT molecular complexity index is 237. The highest BCUT2D eigenvalue weighted by molar-refractivity contribution is 7.44. The summed E-state index contributed by atoms with van der Waals surface area (Å²) in [6, 6.07) is 0. The molecule has 2 atom stereocenters. The van der Waals surface area contributed by atoms with E-state index in [2.05, 4.69) is 20.8 Å². The molecule has 0 bridgehead atoms. The molecule has 0 aromatic heterocycles. The third-order valence-electron chi connectivity index (χ3n) is 3.06. The van der Waals surface area contributed by atoms with Crippen LogP contribution in [0.4, 0.5) is 0 Å². The minimum absolute atomic E-state index is 0.525. The van der Waals surface area contributed by atoms with Gasteiger partial charge in [0.05, 0.1) is 19.6 Å². The van der Waals surface area contributed by atoms with Crippen LogP contribution in [0.25, 0.3) is 0 Å². The largest absolute Gasteiger partial charge is 0.756 e. The second kappa shape index (κ2) is 7.49. The normalized spacial score (nSPS) is 17.8. The lowest BCUT2D eigenvalue weighted by atomic mass is 10.2. The van der Waals surface area contributed by atoms with Gasteiger partial charge in [-0.2, -0.15) is 0 Å². The monoisotopic (exact) mass is 267 g/mol. The van der Waals surface area contributed by atoms with Gasteiger partial charge in [0.25, 0.3) is 7.82 Å². The Labute approximate surface area is 105 Å². The molecule has 5 nitrogen and oxygen atoms in total. The van der Waals surface area contributed by atoms with Gasteiger partial charge in [0, 0.05) is 6.92 Å². The van der Waals surface area contributed by atoms with Crippen LogP contribution in [0.1, 0.15) is 47.0 Å². The van der Waals surface area contributed by atoms with E-state index >= 15 is 0 Å². The van der Waals surface area contributed by atoms with Gasteiger partial charge in [0.2, 0.25) is 0 Å². The van der Waals surface area contributed by atoms with Crippen LogP contribution in [0.3, 0.4) is 0 Å². The number of nitrogens with zero attached hydrogens (tertiary/aromatic N) is 1. The van der Waals surface area contributed by atoms with Crippen LogP contribution in [-0.4, -0.2) is 35.2 Å². The molecule has 0 fully saturated rings. The number of quaternary nitrogens is 1. The molecule has 0 rings (SSSR count). The maximum absolute atomic E-state index is 10.9. The number of phosphoric acid groups is 1. The molecule has 0 aliphatic heterocycles. The SMILES string of the molecule is CCC[N+](CCC)(CCC)C(C)OP(=O)([O-])O. The van der Waals surface area contributed by atoms with Crippen LogP contribution >= 0.6 is 7.82 Å². The average Bonchev–Trinajstić information content (AvgIpc) is 2.16. The van der Waals surface area contributed by atoms with Crippen LogP contribution in [0.2, 0.25) is 0 Å². The highest BCUT2D eigenvalue weighted by atomic mass is 31.2. The van der Waals surface area contributed by atoms with Crippen molar-refractivity contribution in [1.82, 2.24) is 0 Å². The van der Waals surface area contributed by atoms with Crippen LogP contribution in [0, 0.1) is 0 Å². The zero-order chi connectivity index (χ0) is 13.5. The summed E-state index contributed by atoms with van der Waals surface area (Å²) in [5.74, 6) is 0. The maximum atomic E-state index is 10.9. The standard InChI is InChI=1S/C11H26NO4P/c1-5-8-12(9-6-2,10-7-3)11(4)16-17(13,14)15/h11H,5-10H2,1-4H3,(H-,13,14,15). The fourth-order valence-electron chi connectivity index (χ4n) is 2.51. The second-order valence-electron chi connectivity index (χ2n) is 4.56. The first-order valence-electron chi connectivity index (χ1n) is 6.39. The van der Waals surface area contributed by atoms with Gasteiger partial charge in [-0.1, -0.05) is 20.8 Å². The van der Waals surface area contributed by atoms with Crippen LogP contribution in [0.5, 0.6) is 0 Å². The maximum Gasteiger partial charge on any atom is 0.269 e. The lowest BCUT2D eigenvalue weighted by Crippen LogP contribution is -2.56. The molecule has 0 radical (unpaired) electrons. The summed E-state index contributed by atoms with van der Waals surface area (Å²) in [7, 11) is -4.65.